The lowest BCUT2D eigenvalue weighted by Crippen LogP contribution is -2.00. The molecular formula is C13H10FNO5S. The van der Waals surface area contributed by atoms with Gasteiger partial charge in [-0.05, 0) is 36.4 Å². The summed E-state index contributed by atoms with van der Waals surface area (Å²) in [4.78, 5) is 10.1. The monoisotopic (exact) mass is 311 g/mol. The van der Waals surface area contributed by atoms with Crippen LogP contribution in [0.3, 0.4) is 0 Å². The Labute approximate surface area is 119 Å². The van der Waals surface area contributed by atoms with Gasteiger partial charge in [0.15, 0.2) is 9.84 Å². The molecular weight excluding hydrogens is 301 g/mol. The molecule has 0 aliphatic heterocycles. The van der Waals surface area contributed by atoms with E-state index in [-0.39, 0.29) is 16.4 Å². The standard InChI is InChI=1S/C13H10FNO5S/c1-21(18,19)11-6-7-13(12(8-11)15(16)17)20-10-4-2-9(14)3-5-10/h2-8H,1H3. The van der Waals surface area contributed by atoms with Gasteiger partial charge in [0, 0.05) is 12.3 Å². The number of benzene rings is 2. The van der Waals surface area contributed by atoms with E-state index in [0.29, 0.717) is 0 Å². The molecule has 0 heterocycles. The maximum absolute atomic E-state index is 12.8. The summed E-state index contributed by atoms with van der Waals surface area (Å²) < 4.78 is 40.9. The third kappa shape index (κ3) is 3.54. The number of rotatable bonds is 4. The van der Waals surface area contributed by atoms with E-state index in [9.17, 15) is 22.9 Å². The van der Waals surface area contributed by atoms with E-state index in [2.05, 4.69) is 0 Å². The van der Waals surface area contributed by atoms with Gasteiger partial charge in [-0.3, -0.25) is 10.1 Å². The maximum atomic E-state index is 12.8. The predicted molar refractivity (Wildman–Crippen MR) is 72.7 cm³/mol. The van der Waals surface area contributed by atoms with Crippen molar-refractivity contribution in [3.63, 3.8) is 0 Å². The molecule has 0 aromatic heterocycles. The molecule has 0 radical (unpaired) electrons. The maximum Gasteiger partial charge on any atom is 0.312 e. The van der Waals surface area contributed by atoms with Gasteiger partial charge in [-0.2, -0.15) is 0 Å². The Morgan fingerprint density at radius 3 is 2.29 bits per heavy atom. The van der Waals surface area contributed by atoms with Crippen molar-refractivity contribution in [2.75, 3.05) is 6.26 Å². The van der Waals surface area contributed by atoms with Crippen LogP contribution in [0, 0.1) is 15.9 Å². The summed E-state index contributed by atoms with van der Waals surface area (Å²) in [6.07, 6.45) is 0.951. The molecule has 0 amide bonds. The quantitative estimate of drug-likeness (QED) is 0.640. The third-order valence-corrected chi connectivity index (χ3v) is 3.71. The first-order chi connectivity index (χ1) is 9.77. The zero-order chi connectivity index (χ0) is 15.6. The molecule has 0 atom stereocenters. The minimum Gasteiger partial charge on any atom is -0.450 e. The molecule has 2 rings (SSSR count). The Balaban J connectivity index is 2.44. The summed E-state index contributed by atoms with van der Waals surface area (Å²) in [6, 6.07) is 8.23. The SMILES string of the molecule is CS(=O)(=O)c1ccc(Oc2ccc(F)cc2)c([N+](=O)[O-])c1. The van der Waals surface area contributed by atoms with E-state index in [4.69, 9.17) is 4.74 Å². The zero-order valence-electron chi connectivity index (χ0n) is 10.8. The van der Waals surface area contributed by atoms with E-state index in [1.54, 1.807) is 0 Å². The van der Waals surface area contributed by atoms with Gasteiger partial charge in [0.2, 0.25) is 5.75 Å². The second kappa shape index (κ2) is 5.49. The molecule has 0 bridgehead atoms. The molecule has 2 aromatic rings. The lowest BCUT2D eigenvalue weighted by molar-refractivity contribution is -0.385. The van der Waals surface area contributed by atoms with Gasteiger partial charge in [0.05, 0.1) is 9.82 Å². The first-order valence-corrected chi connectivity index (χ1v) is 7.58. The number of hydrogen-bond acceptors (Lipinski definition) is 5. The van der Waals surface area contributed by atoms with Gasteiger partial charge in [-0.1, -0.05) is 0 Å². The second-order valence-electron chi connectivity index (χ2n) is 4.21. The third-order valence-electron chi connectivity index (χ3n) is 2.60. The molecule has 0 aliphatic rings. The van der Waals surface area contributed by atoms with Crippen LogP contribution in [0.4, 0.5) is 10.1 Å². The van der Waals surface area contributed by atoms with Crippen molar-refractivity contribution >= 4 is 15.5 Å². The van der Waals surface area contributed by atoms with Crippen molar-refractivity contribution in [1.82, 2.24) is 0 Å². The number of nitro benzene ring substituents is 1. The molecule has 6 nitrogen and oxygen atoms in total. The topological polar surface area (TPSA) is 86.5 Å². The molecule has 8 heteroatoms. The van der Waals surface area contributed by atoms with Crippen LogP contribution in [-0.2, 0) is 9.84 Å². The molecule has 2 aromatic carbocycles. The van der Waals surface area contributed by atoms with Crippen molar-refractivity contribution in [3.8, 4) is 11.5 Å². The summed E-state index contributed by atoms with van der Waals surface area (Å²) in [5, 5.41) is 11.0. The predicted octanol–water partition coefficient (Wildman–Crippen LogP) is 2.93. The van der Waals surface area contributed by atoms with E-state index < -0.39 is 26.3 Å². The van der Waals surface area contributed by atoms with E-state index in [0.717, 1.165) is 24.5 Å². The molecule has 0 N–H and O–H groups in total. The van der Waals surface area contributed by atoms with Gasteiger partial charge >= 0.3 is 5.69 Å². The molecule has 0 spiro atoms. The summed E-state index contributed by atoms with van der Waals surface area (Å²) in [5.41, 5.74) is -0.484. The van der Waals surface area contributed by atoms with Crippen LogP contribution in [0.15, 0.2) is 47.4 Å². The Hall–Kier alpha value is -2.48. The van der Waals surface area contributed by atoms with Crippen LogP contribution >= 0.6 is 0 Å². The molecule has 0 saturated carbocycles. The highest BCUT2D eigenvalue weighted by Gasteiger charge is 2.20. The highest BCUT2D eigenvalue weighted by molar-refractivity contribution is 7.90. The van der Waals surface area contributed by atoms with Crippen LogP contribution in [0.25, 0.3) is 0 Å². The van der Waals surface area contributed by atoms with Crippen molar-refractivity contribution < 1.29 is 22.5 Å². The summed E-state index contributed by atoms with van der Waals surface area (Å²) >= 11 is 0. The second-order valence-corrected chi connectivity index (χ2v) is 6.23. The molecule has 0 saturated heterocycles. The fraction of sp³-hybridized carbons (Fsp3) is 0.0769. The molecule has 21 heavy (non-hydrogen) atoms. The van der Waals surface area contributed by atoms with Crippen LogP contribution < -0.4 is 4.74 Å². The Morgan fingerprint density at radius 1 is 1.14 bits per heavy atom. The summed E-state index contributed by atoms with van der Waals surface area (Å²) in [6.45, 7) is 0. The first-order valence-electron chi connectivity index (χ1n) is 5.69. The van der Waals surface area contributed by atoms with Gasteiger partial charge in [-0.15, -0.1) is 0 Å². The van der Waals surface area contributed by atoms with Gasteiger partial charge in [0.1, 0.15) is 11.6 Å². The highest BCUT2D eigenvalue weighted by atomic mass is 32.2. The zero-order valence-corrected chi connectivity index (χ0v) is 11.6. The van der Waals surface area contributed by atoms with Crippen LogP contribution in [-0.4, -0.2) is 19.6 Å². The van der Waals surface area contributed by atoms with Gasteiger partial charge in [-0.25, -0.2) is 12.8 Å². The summed E-state index contributed by atoms with van der Waals surface area (Å²) in [7, 11) is -3.56. The average Bonchev–Trinajstić information content (AvgIpc) is 2.40. The fourth-order valence-corrected chi connectivity index (χ4v) is 2.23. The van der Waals surface area contributed by atoms with Crippen molar-refractivity contribution in [2.24, 2.45) is 0 Å². The Morgan fingerprint density at radius 2 is 1.76 bits per heavy atom. The van der Waals surface area contributed by atoms with Crippen molar-refractivity contribution in [2.45, 2.75) is 4.90 Å². The van der Waals surface area contributed by atoms with E-state index >= 15 is 0 Å². The molecule has 110 valence electrons. The fourth-order valence-electron chi connectivity index (χ4n) is 1.59. The normalized spacial score (nSPS) is 11.1. The lowest BCUT2D eigenvalue weighted by atomic mass is 10.3. The van der Waals surface area contributed by atoms with Gasteiger partial charge < -0.3 is 4.74 Å². The lowest BCUT2D eigenvalue weighted by Gasteiger charge is -2.07. The first kappa shape index (κ1) is 14.9. The average molecular weight is 311 g/mol. The Bertz CT molecular complexity index is 787. The highest BCUT2D eigenvalue weighted by Crippen LogP contribution is 2.33. The van der Waals surface area contributed by atoms with Crippen LogP contribution in [0.5, 0.6) is 11.5 Å². The largest absolute Gasteiger partial charge is 0.450 e. The number of hydrogen-bond donors (Lipinski definition) is 0. The number of ether oxygens (including phenoxy) is 1. The van der Waals surface area contributed by atoms with E-state index in [1.807, 2.05) is 0 Å². The minimum absolute atomic E-state index is 0.126. The van der Waals surface area contributed by atoms with Crippen molar-refractivity contribution in [1.29, 1.82) is 0 Å². The minimum atomic E-state index is -3.56. The summed E-state index contributed by atoms with van der Waals surface area (Å²) in [5.74, 6) is -0.394. The van der Waals surface area contributed by atoms with E-state index in [1.165, 1.54) is 24.3 Å². The number of halogens is 1. The number of nitro groups is 1. The molecule has 0 unspecified atom stereocenters. The number of sulfone groups is 1. The van der Waals surface area contributed by atoms with Crippen LogP contribution in [0.1, 0.15) is 0 Å². The van der Waals surface area contributed by atoms with Gasteiger partial charge in [0.25, 0.3) is 0 Å². The molecule has 0 aliphatic carbocycles. The van der Waals surface area contributed by atoms with Crippen molar-refractivity contribution in [3.05, 3.63) is 58.4 Å². The Kier molecular flexibility index (Phi) is 3.90. The van der Waals surface area contributed by atoms with Crippen LogP contribution in [0.2, 0.25) is 0 Å². The smallest absolute Gasteiger partial charge is 0.312 e. The number of nitrogens with zero attached hydrogens (tertiary/aromatic N) is 1. The molecule has 0 fully saturated rings.